The van der Waals surface area contributed by atoms with Crippen molar-refractivity contribution in [3.63, 3.8) is 0 Å². The van der Waals surface area contributed by atoms with Gasteiger partial charge in [0.2, 0.25) is 0 Å². The molecule has 2 atom stereocenters. The number of aliphatic hydroxyl groups excluding tert-OH is 1. The van der Waals surface area contributed by atoms with Gasteiger partial charge in [-0.3, -0.25) is 0 Å². The molecule has 6 heteroatoms. The lowest BCUT2D eigenvalue weighted by molar-refractivity contribution is 0.190. The highest BCUT2D eigenvalue weighted by Crippen LogP contribution is 2.28. The smallest absolute Gasteiger partial charge is 0.280 e. The molecule has 0 radical (unpaired) electrons. The fourth-order valence-electron chi connectivity index (χ4n) is 2.02. The van der Waals surface area contributed by atoms with Crippen LogP contribution >= 0.6 is 0 Å². The molecule has 0 bridgehead atoms. The topological polar surface area (TPSA) is 69.6 Å². The molecule has 1 aliphatic heterocycles. The first kappa shape index (κ1) is 11.3. The lowest BCUT2D eigenvalue weighted by Gasteiger charge is -2.24. The third kappa shape index (κ3) is 2.33. The Labute approximate surface area is 90.6 Å². The van der Waals surface area contributed by atoms with E-state index in [-0.39, 0.29) is 24.6 Å². The molecule has 88 valence electrons. The zero-order chi connectivity index (χ0) is 11.1. The zero-order valence-electron chi connectivity index (χ0n) is 8.89. The Bertz CT molecular complexity index is 326. The van der Waals surface area contributed by atoms with Crippen LogP contribution < -0.4 is 4.72 Å². The van der Waals surface area contributed by atoms with Crippen molar-refractivity contribution in [2.24, 2.45) is 5.92 Å². The molecule has 2 fully saturated rings. The van der Waals surface area contributed by atoms with Crippen LogP contribution in [0.15, 0.2) is 0 Å². The molecule has 0 amide bonds. The zero-order valence-corrected chi connectivity index (χ0v) is 9.70. The number of nitrogens with zero attached hydrogens (tertiary/aromatic N) is 1. The Hall–Kier alpha value is -0.170. The standard InChI is InChI=1S/C9H18N2O3S/c1-7-4-5-11(9(7)6-12)15(13,14)10-8-2-3-8/h7-10,12H,2-6H2,1H3. The summed E-state index contributed by atoms with van der Waals surface area (Å²) < 4.78 is 27.9. The summed E-state index contributed by atoms with van der Waals surface area (Å²) in [4.78, 5) is 0. The molecule has 15 heavy (non-hydrogen) atoms. The van der Waals surface area contributed by atoms with E-state index in [2.05, 4.69) is 4.72 Å². The van der Waals surface area contributed by atoms with E-state index in [0.29, 0.717) is 6.54 Å². The number of nitrogens with one attached hydrogen (secondary N) is 1. The minimum atomic E-state index is -3.37. The molecule has 1 heterocycles. The van der Waals surface area contributed by atoms with Crippen LogP contribution in [0.5, 0.6) is 0 Å². The normalized spacial score (nSPS) is 33.5. The van der Waals surface area contributed by atoms with Crippen molar-refractivity contribution in [3.8, 4) is 0 Å². The van der Waals surface area contributed by atoms with Gasteiger partial charge in [-0.2, -0.15) is 17.4 Å². The van der Waals surface area contributed by atoms with Gasteiger partial charge in [0.15, 0.2) is 0 Å². The van der Waals surface area contributed by atoms with Crippen LogP contribution in [0.3, 0.4) is 0 Å². The van der Waals surface area contributed by atoms with Crippen LogP contribution in [-0.4, -0.2) is 43.1 Å². The van der Waals surface area contributed by atoms with Crippen molar-refractivity contribution in [1.82, 2.24) is 9.03 Å². The highest BCUT2D eigenvalue weighted by Gasteiger charge is 2.40. The van der Waals surface area contributed by atoms with E-state index in [1.165, 1.54) is 4.31 Å². The third-order valence-corrected chi connectivity index (χ3v) is 4.92. The predicted molar refractivity (Wildman–Crippen MR) is 56.4 cm³/mol. The lowest BCUT2D eigenvalue weighted by Crippen LogP contribution is -2.46. The Morgan fingerprint density at radius 3 is 2.60 bits per heavy atom. The first-order valence-electron chi connectivity index (χ1n) is 5.44. The number of aliphatic hydroxyl groups is 1. The van der Waals surface area contributed by atoms with Crippen molar-refractivity contribution in [3.05, 3.63) is 0 Å². The second kappa shape index (κ2) is 4.01. The summed E-state index contributed by atoms with van der Waals surface area (Å²) in [7, 11) is -3.37. The number of hydrogen-bond acceptors (Lipinski definition) is 3. The van der Waals surface area contributed by atoms with Crippen LogP contribution in [0.1, 0.15) is 26.2 Å². The summed E-state index contributed by atoms with van der Waals surface area (Å²) in [6.07, 6.45) is 2.70. The van der Waals surface area contributed by atoms with E-state index in [1.54, 1.807) is 0 Å². The van der Waals surface area contributed by atoms with E-state index in [1.807, 2.05) is 6.92 Å². The second-order valence-electron chi connectivity index (χ2n) is 4.52. The Balaban J connectivity index is 2.07. The summed E-state index contributed by atoms with van der Waals surface area (Å²) in [5.41, 5.74) is 0. The van der Waals surface area contributed by atoms with Gasteiger partial charge in [-0.25, -0.2) is 0 Å². The van der Waals surface area contributed by atoms with Crippen molar-refractivity contribution in [2.75, 3.05) is 13.2 Å². The highest BCUT2D eigenvalue weighted by molar-refractivity contribution is 7.87. The maximum Gasteiger partial charge on any atom is 0.280 e. The largest absolute Gasteiger partial charge is 0.395 e. The summed E-state index contributed by atoms with van der Waals surface area (Å²) in [5, 5.41) is 9.19. The van der Waals surface area contributed by atoms with Crippen LogP contribution in [0.4, 0.5) is 0 Å². The minimum absolute atomic E-state index is 0.0905. The molecule has 1 saturated carbocycles. The first-order chi connectivity index (χ1) is 7.04. The summed E-state index contributed by atoms with van der Waals surface area (Å²) in [6, 6.07) is -0.119. The molecule has 2 aliphatic rings. The predicted octanol–water partition coefficient (Wildman–Crippen LogP) is -0.314. The maximum atomic E-state index is 11.9. The van der Waals surface area contributed by atoms with Crippen LogP contribution in [0.25, 0.3) is 0 Å². The molecular weight excluding hydrogens is 216 g/mol. The van der Waals surface area contributed by atoms with Crippen molar-refractivity contribution < 1.29 is 13.5 Å². The van der Waals surface area contributed by atoms with Crippen molar-refractivity contribution in [1.29, 1.82) is 0 Å². The fourth-order valence-corrected chi connectivity index (χ4v) is 3.79. The fraction of sp³-hybridized carbons (Fsp3) is 1.00. The van der Waals surface area contributed by atoms with E-state index in [4.69, 9.17) is 0 Å². The monoisotopic (exact) mass is 234 g/mol. The molecule has 1 aliphatic carbocycles. The van der Waals surface area contributed by atoms with Gasteiger partial charge in [-0.15, -0.1) is 0 Å². The van der Waals surface area contributed by atoms with Gasteiger partial charge in [0.05, 0.1) is 12.6 Å². The van der Waals surface area contributed by atoms with Gasteiger partial charge in [-0.05, 0) is 25.2 Å². The van der Waals surface area contributed by atoms with Crippen LogP contribution in [0.2, 0.25) is 0 Å². The molecule has 0 spiro atoms. The molecule has 0 aromatic heterocycles. The Morgan fingerprint density at radius 2 is 2.07 bits per heavy atom. The van der Waals surface area contributed by atoms with Gasteiger partial charge < -0.3 is 5.11 Å². The average molecular weight is 234 g/mol. The number of rotatable bonds is 4. The first-order valence-corrected chi connectivity index (χ1v) is 6.88. The molecule has 2 rings (SSSR count). The van der Waals surface area contributed by atoms with Crippen LogP contribution in [0, 0.1) is 5.92 Å². The molecule has 2 N–H and O–H groups in total. The maximum absolute atomic E-state index is 11.9. The second-order valence-corrected chi connectivity index (χ2v) is 6.18. The van der Waals surface area contributed by atoms with Gasteiger partial charge in [0.25, 0.3) is 10.2 Å². The van der Waals surface area contributed by atoms with Gasteiger partial charge >= 0.3 is 0 Å². The molecule has 5 nitrogen and oxygen atoms in total. The average Bonchev–Trinajstić information content (AvgIpc) is 2.85. The molecular formula is C9H18N2O3S. The van der Waals surface area contributed by atoms with Gasteiger partial charge in [-0.1, -0.05) is 6.92 Å². The Morgan fingerprint density at radius 1 is 1.40 bits per heavy atom. The van der Waals surface area contributed by atoms with Crippen LogP contribution in [-0.2, 0) is 10.2 Å². The summed E-state index contributed by atoms with van der Waals surface area (Å²) >= 11 is 0. The molecule has 0 aromatic carbocycles. The third-order valence-electron chi connectivity index (χ3n) is 3.22. The lowest BCUT2D eigenvalue weighted by atomic mass is 10.0. The van der Waals surface area contributed by atoms with E-state index < -0.39 is 10.2 Å². The van der Waals surface area contributed by atoms with E-state index in [0.717, 1.165) is 19.3 Å². The molecule has 0 aromatic rings. The number of hydrogen-bond donors (Lipinski definition) is 2. The summed E-state index contributed by atoms with van der Waals surface area (Å²) in [5.74, 6) is 0.241. The van der Waals surface area contributed by atoms with E-state index in [9.17, 15) is 13.5 Å². The van der Waals surface area contributed by atoms with Gasteiger partial charge in [0, 0.05) is 12.6 Å². The summed E-state index contributed by atoms with van der Waals surface area (Å²) in [6.45, 7) is 2.41. The van der Waals surface area contributed by atoms with Crippen molar-refractivity contribution >= 4 is 10.2 Å². The Kier molecular flexibility index (Phi) is 3.03. The van der Waals surface area contributed by atoms with E-state index >= 15 is 0 Å². The molecule has 1 saturated heterocycles. The molecule has 2 unspecified atom stereocenters. The SMILES string of the molecule is CC1CCN(S(=O)(=O)NC2CC2)C1CO. The van der Waals surface area contributed by atoms with Gasteiger partial charge in [0.1, 0.15) is 0 Å². The highest BCUT2D eigenvalue weighted by atomic mass is 32.2. The minimum Gasteiger partial charge on any atom is -0.395 e. The van der Waals surface area contributed by atoms with Crippen molar-refractivity contribution in [2.45, 2.75) is 38.3 Å². The quantitative estimate of drug-likeness (QED) is 0.701.